The average Bonchev–Trinajstić information content (AvgIpc) is 3.14. The monoisotopic (exact) mass is 354 g/mol. The summed E-state index contributed by atoms with van der Waals surface area (Å²) in [4.78, 5) is 52.7. The molecule has 1 aromatic rings. The van der Waals surface area contributed by atoms with Crippen LogP contribution in [0.1, 0.15) is 46.4 Å². The van der Waals surface area contributed by atoms with Crippen molar-refractivity contribution < 1.29 is 24.3 Å². The van der Waals surface area contributed by atoms with Crippen LogP contribution in [-0.2, 0) is 9.59 Å². The third kappa shape index (κ3) is 2.34. The molecular weight excluding hydrogens is 336 g/mol. The number of imide groups is 1. The molecule has 1 saturated heterocycles. The summed E-state index contributed by atoms with van der Waals surface area (Å²) < 4.78 is 0. The lowest BCUT2D eigenvalue weighted by molar-refractivity contribution is -0.151. The van der Waals surface area contributed by atoms with Crippen LogP contribution in [0, 0.1) is 0 Å². The molecule has 0 unspecified atom stereocenters. The first-order chi connectivity index (χ1) is 12.5. The lowest BCUT2D eigenvalue weighted by Gasteiger charge is -2.35. The van der Waals surface area contributed by atoms with E-state index in [2.05, 4.69) is 0 Å². The average molecular weight is 354 g/mol. The van der Waals surface area contributed by atoms with Crippen molar-refractivity contribution in [3.05, 3.63) is 47.5 Å². The quantitative estimate of drug-likeness (QED) is 0.641. The van der Waals surface area contributed by atoms with Crippen molar-refractivity contribution in [3.63, 3.8) is 0 Å². The summed E-state index contributed by atoms with van der Waals surface area (Å²) in [5, 5.41) is 9.47. The highest BCUT2D eigenvalue weighted by atomic mass is 16.4. The molecule has 0 saturated carbocycles. The standard InChI is InChI=1S/C19H18N2O5/c22-16-12-6-2-3-7-13(12)17(23)21(16)14-8-4-1-5-11-9-10-15(19(25)26)20(11)18(14)24/h1-4,6-7,11,14-15H,5,8-10H2,(H,25,26)/t11-,14+,15+/m1/s1. The van der Waals surface area contributed by atoms with E-state index in [0.717, 1.165) is 4.90 Å². The van der Waals surface area contributed by atoms with Crippen molar-refractivity contribution in [2.75, 3.05) is 0 Å². The molecule has 26 heavy (non-hydrogen) atoms. The van der Waals surface area contributed by atoms with Gasteiger partial charge in [0.1, 0.15) is 12.1 Å². The zero-order valence-electron chi connectivity index (χ0n) is 14.0. The molecule has 134 valence electrons. The maximum Gasteiger partial charge on any atom is 0.326 e. The molecule has 1 N–H and O–H groups in total. The van der Waals surface area contributed by atoms with E-state index < -0.39 is 35.8 Å². The van der Waals surface area contributed by atoms with Gasteiger partial charge in [0.2, 0.25) is 5.91 Å². The number of hydrogen-bond donors (Lipinski definition) is 1. The van der Waals surface area contributed by atoms with E-state index in [1.807, 2.05) is 6.08 Å². The predicted octanol–water partition coefficient (Wildman–Crippen LogP) is 1.45. The smallest absolute Gasteiger partial charge is 0.326 e. The van der Waals surface area contributed by atoms with Gasteiger partial charge in [-0.05, 0) is 37.8 Å². The molecule has 0 aromatic heterocycles. The molecule has 3 heterocycles. The van der Waals surface area contributed by atoms with Gasteiger partial charge in [-0.3, -0.25) is 19.3 Å². The van der Waals surface area contributed by atoms with Crippen molar-refractivity contribution in [2.45, 2.75) is 43.8 Å². The SMILES string of the molecule is O=C(O)[C@@H]1CC[C@H]2CC=CC[C@H](N3C(=O)c4ccccc4C3=O)C(=O)N21. The van der Waals surface area contributed by atoms with Crippen LogP contribution >= 0.6 is 0 Å². The van der Waals surface area contributed by atoms with Crippen molar-refractivity contribution in [2.24, 2.45) is 0 Å². The first-order valence-electron chi connectivity index (χ1n) is 8.67. The summed E-state index contributed by atoms with van der Waals surface area (Å²) in [5.41, 5.74) is 0.563. The number of carbonyl (C=O) groups excluding carboxylic acids is 3. The van der Waals surface area contributed by atoms with Gasteiger partial charge in [0.05, 0.1) is 11.1 Å². The minimum Gasteiger partial charge on any atom is -0.480 e. The highest BCUT2D eigenvalue weighted by molar-refractivity contribution is 6.22. The van der Waals surface area contributed by atoms with Crippen LogP contribution in [0.3, 0.4) is 0 Å². The van der Waals surface area contributed by atoms with E-state index in [-0.39, 0.29) is 23.6 Å². The maximum absolute atomic E-state index is 13.2. The fourth-order valence-corrected chi connectivity index (χ4v) is 4.15. The normalized spacial score (nSPS) is 28.0. The molecule has 3 aliphatic rings. The molecule has 0 aliphatic carbocycles. The molecule has 4 rings (SSSR count). The summed E-state index contributed by atoms with van der Waals surface area (Å²) in [7, 11) is 0. The van der Waals surface area contributed by atoms with Crippen molar-refractivity contribution in [1.29, 1.82) is 0 Å². The minimum atomic E-state index is -1.05. The largest absolute Gasteiger partial charge is 0.480 e. The first-order valence-corrected chi connectivity index (χ1v) is 8.67. The van der Waals surface area contributed by atoms with Gasteiger partial charge < -0.3 is 10.0 Å². The van der Waals surface area contributed by atoms with Gasteiger partial charge in [-0.15, -0.1) is 0 Å². The lowest BCUT2D eigenvalue weighted by atomic mass is 10.0. The molecule has 0 bridgehead atoms. The number of carbonyl (C=O) groups is 4. The number of aliphatic carboxylic acids is 1. The van der Waals surface area contributed by atoms with Crippen LogP contribution in [0.25, 0.3) is 0 Å². The zero-order chi connectivity index (χ0) is 18.4. The Hall–Kier alpha value is -2.96. The summed E-state index contributed by atoms with van der Waals surface area (Å²) in [5.74, 6) is -2.51. The molecule has 3 amide bonds. The number of rotatable bonds is 2. The number of carboxylic acid groups (broad SMARTS) is 1. The molecule has 7 nitrogen and oxygen atoms in total. The van der Waals surface area contributed by atoms with Gasteiger partial charge in [-0.1, -0.05) is 24.3 Å². The Labute approximate surface area is 149 Å². The number of carboxylic acids is 1. The topological polar surface area (TPSA) is 95.0 Å². The van der Waals surface area contributed by atoms with Crippen LogP contribution in [0.4, 0.5) is 0 Å². The summed E-state index contributed by atoms with van der Waals surface area (Å²) in [6.45, 7) is 0. The second kappa shape index (κ2) is 6.09. The van der Waals surface area contributed by atoms with E-state index in [1.165, 1.54) is 4.90 Å². The van der Waals surface area contributed by atoms with Crippen molar-refractivity contribution >= 4 is 23.7 Å². The van der Waals surface area contributed by atoms with Gasteiger partial charge in [-0.2, -0.15) is 0 Å². The Morgan fingerprint density at radius 1 is 0.962 bits per heavy atom. The Kier molecular flexibility index (Phi) is 3.86. The molecule has 1 fully saturated rings. The molecule has 0 spiro atoms. The number of fused-ring (bicyclic) bond motifs is 2. The highest BCUT2D eigenvalue weighted by Gasteiger charge is 2.48. The lowest BCUT2D eigenvalue weighted by Crippen LogP contribution is -2.55. The van der Waals surface area contributed by atoms with E-state index in [4.69, 9.17) is 0 Å². The van der Waals surface area contributed by atoms with Gasteiger partial charge in [0.15, 0.2) is 0 Å². The van der Waals surface area contributed by atoms with Crippen molar-refractivity contribution in [1.82, 2.24) is 9.80 Å². The van der Waals surface area contributed by atoms with Gasteiger partial charge in [-0.25, -0.2) is 4.79 Å². The van der Waals surface area contributed by atoms with E-state index in [1.54, 1.807) is 30.3 Å². The Morgan fingerprint density at radius 3 is 2.19 bits per heavy atom. The first kappa shape index (κ1) is 16.5. The predicted molar refractivity (Wildman–Crippen MR) is 90.4 cm³/mol. The van der Waals surface area contributed by atoms with Gasteiger partial charge >= 0.3 is 5.97 Å². The Bertz CT molecular complexity index is 811. The third-order valence-corrected chi connectivity index (χ3v) is 5.40. The molecule has 3 atom stereocenters. The van der Waals surface area contributed by atoms with Gasteiger partial charge in [0.25, 0.3) is 11.8 Å². The summed E-state index contributed by atoms with van der Waals surface area (Å²) in [6, 6.07) is 4.35. The second-order valence-corrected chi connectivity index (χ2v) is 6.82. The number of amides is 3. The van der Waals surface area contributed by atoms with Crippen LogP contribution in [0.5, 0.6) is 0 Å². The van der Waals surface area contributed by atoms with Crippen LogP contribution < -0.4 is 0 Å². The fourth-order valence-electron chi connectivity index (χ4n) is 4.15. The molecule has 0 radical (unpaired) electrons. The molecule has 7 heteroatoms. The fraction of sp³-hybridized carbons (Fsp3) is 0.368. The van der Waals surface area contributed by atoms with Crippen LogP contribution in [0.2, 0.25) is 0 Å². The number of benzene rings is 1. The highest BCUT2D eigenvalue weighted by Crippen LogP contribution is 2.33. The maximum atomic E-state index is 13.2. The van der Waals surface area contributed by atoms with E-state index in [9.17, 15) is 24.3 Å². The molecule has 3 aliphatic heterocycles. The van der Waals surface area contributed by atoms with Crippen molar-refractivity contribution in [3.8, 4) is 0 Å². The number of nitrogens with zero attached hydrogens (tertiary/aromatic N) is 2. The van der Waals surface area contributed by atoms with Gasteiger partial charge in [0, 0.05) is 6.04 Å². The summed E-state index contributed by atoms with van der Waals surface area (Å²) in [6.07, 6.45) is 5.47. The van der Waals surface area contributed by atoms with Crippen LogP contribution in [0.15, 0.2) is 36.4 Å². The Balaban J connectivity index is 1.72. The van der Waals surface area contributed by atoms with Crippen LogP contribution in [-0.4, -0.2) is 56.7 Å². The third-order valence-electron chi connectivity index (χ3n) is 5.40. The Morgan fingerprint density at radius 2 is 1.58 bits per heavy atom. The van der Waals surface area contributed by atoms with E-state index >= 15 is 0 Å². The van der Waals surface area contributed by atoms with E-state index in [0.29, 0.717) is 19.3 Å². The second-order valence-electron chi connectivity index (χ2n) is 6.82. The zero-order valence-corrected chi connectivity index (χ0v) is 14.0. The minimum absolute atomic E-state index is 0.194. The molecule has 1 aromatic carbocycles. The number of hydrogen-bond acceptors (Lipinski definition) is 4. The molecular formula is C19H18N2O5. The summed E-state index contributed by atoms with van der Waals surface area (Å²) >= 11 is 0.